The highest BCUT2D eigenvalue weighted by Gasteiger charge is 2.27. The van der Waals surface area contributed by atoms with Gasteiger partial charge in [-0.3, -0.25) is 0 Å². The van der Waals surface area contributed by atoms with E-state index in [1.807, 2.05) is 36.4 Å². The molecule has 0 unspecified atom stereocenters. The van der Waals surface area contributed by atoms with Gasteiger partial charge in [0.25, 0.3) is 0 Å². The van der Waals surface area contributed by atoms with Crippen LogP contribution in [0.15, 0.2) is 214 Å². The zero-order chi connectivity index (χ0) is 57.9. The lowest BCUT2D eigenvalue weighted by molar-refractivity contribution is 0.376. The smallest absolute Gasteiger partial charge is 0.0109 e. The van der Waals surface area contributed by atoms with Crippen LogP contribution in [0, 0.1) is 21.7 Å². The molecule has 0 heterocycles. The molecule has 0 radical (unpaired) electrons. The first-order valence-electron chi connectivity index (χ1n) is 29.9. The van der Waals surface area contributed by atoms with Gasteiger partial charge in [-0.1, -0.05) is 262 Å². The summed E-state index contributed by atoms with van der Waals surface area (Å²) in [5.74, 6) is 0. The molecular weight excluding hydrogens is 945 g/mol. The highest BCUT2D eigenvalue weighted by Crippen LogP contribution is 2.41. The molecule has 8 N–H and O–H groups in total. The summed E-state index contributed by atoms with van der Waals surface area (Å²) in [6.07, 6.45) is 67.1. The van der Waals surface area contributed by atoms with Crippen molar-refractivity contribution in [3.05, 3.63) is 220 Å². The van der Waals surface area contributed by atoms with Gasteiger partial charge in [0.15, 0.2) is 0 Å². The Morgan fingerprint density at radius 1 is 0.462 bits per heavy atom. The van der Waals surface area contributed by atoms with E-state index in [1.165, 1.54) is 146 Å². The molecule has 0 saturated heterocycles. The third-order valence-corrected chi connectivity index (χ3v) is 14.7. The van der Waals surface area contributed by atoms with E-state index in [2.05, 4.69) is 218 Å². The van der Waals surface area contributed by atoms with Crippen molar-refractivity contribution in [2.75, 3.05) is 26.2 Å². The van der Waals surface area contributed by atoms with Gasteiger partial charge >= 0.3 is 0 Å². The van der Waals surface area contributed by atoms with Crippen LogP contribution >= 0.6 is 0 Å². The molecular formula is C74H112N4. The van der Waals surface area contributed by atoms with Crippen LogP contribution in [0.2, 0.25) is 0 Å². The van der Waals surface area contributed by atoms with Crippen molar-refractivity contribution in [2.24, 2.45) is 44.6 Å². The van der Waals surface area contributed by atoms with Crippen molar-refractivity contribution in [1.29, 1.82) is 0 Å². The third kappa shape index (κ3) is 29.2. The summed E-state index contributed by atoms with van der Waals surface area (Å²) in [4.78, 5) is 0. The molecule has 0 aliphatic heterocycles. The van der Waals surface area contributed by atoms with Crippen LogP contribution < -0.4 is 22.9 Å². The predicted octanol–water partition coefficient (Wildman–Crippen LogP) is 19.6. The maximum atomic E-state index is 5.53. The minimum atomic E-state index is 0.142. The molecule has 1 aromatic rings. The molecule has 0 fully saturated rings. The van der Waals surface area contributed by atoms with E-state index < -0.39 is 0 Å². The average Bonchev–Trinajstić information content (AvgIpc) is 3.41. The second-order valence-electron chi connectivity index (χ2n) is 25.1. The summed E-state index contributed by atoms with van der Waals surface area (Å²) < 4.78 is 0. The van der Waals surface area contributed by atoms with Gasteiger partial charge in [0.05, 0.1) is 0 Å². The highest BCUT2D eigenvalue weighted by atomic mass is 14.5. The molecule has 0 bridgehead atoms. The first-order valence-corrected chi connectivity index (χ1v) is 29.9. The van der Waals surface area contributed by atoms with E-state index in [-0.39, 0.29) is 16.2 Å². The Morgan fingerprint density at radius 2 is 0.872 bits per heavy atom. The Morgan fingerprint density at radius 3 is 1.29 bits per heavy atom. The van der Waals surface area contributed by atoms with E-state index >= 15 is 0 Å². The number of hydrogen-bond acceptors (Lipinski definition) is 4. The lowest BCUT2D eigenvalue weighted by atomic mass is 9.72. The minimum absolute atomic E-state index is 0.142. The summed E-state index contributed by atoms with van der Waals surface area (Å²) in [5, 5.41) is 0. The average molecular weight is 1060 g/mol. The zero-order valence-electron chi connectivity index (χ0n) is 51.8. The maximum Gasteiger partial charge on any atom is 0.0109 e. The van der Waals surface area contributed by atoms with Gasteiger partial charge in [0.2, 0.25) is 0 Å². The SMILES string of the molecule is CC(C)(C)C(=C\C=C\CN)/C=C/C1=CCCCC1.CC1=C(/C=C/C(=C/C=C/CN)C(C)(C)C)C(C)(C)CCC1.CC1=C(/C=C/C(=C/C=C/CN)C(C)(C)C)CCCC1.NC/C=C/C=C(/C=C/C1=CCCCC1)c1ccccc1. The Labute approximate surface area is 480 Å². The van der Waals surface area contributed by atoms with E-state index in [0.717, 1.165) is 0 Å². The van der Waals surface area contributed by atoms with Crippen molar-refractivity contribution < 1.29 is 0 Å². The maximum absolute atomic E-state index is 5.53. The third-order valence-electron chi connectivity index (χ3n) is 14.7. The number of benzene rings is 1. The first-order chi connectivity index (χ1) is 37.1. The molecule has 0 saturated carbocycles. The second kappa shape index (κ2) is 37.7. The number of hydrogen-bond donors (Lipinski definition) is 4. The van der Waals surface area contributed by atoms with Crippen LogP contribution in [0.4, 0.5) is 0 Å². The Hall–Kier alpha value is -5.10. The van der Waals surface area contributed by atoms with Gasteiger partial charge in [-0.2, -0.15) is 0 Å². The summed E-state index contributed by atoms with van der Waals surface area (Å²) in [6.45, 7) is 31.9. The number of allylic oxidation sites excluding steroid dienone is 28. The molecule has 0 amide bonds. The molecule has 78 heavy (non-hydrogen) atoms. The predicted molar refractivity (Wildman–Crippen MR) is 351 cm³/mol. The zero-order valence-corrected chi connectivity index (χ0v) is 51.8. The fraction of sp³-hybridized carbons (Fsp3) is 0.486. The summed E-state index contributed by atoms with van der Waals surface area (Å²) in [7, 11) is 0. The van der Waals surface area contributed by atoms with E-state index in [4.69, 9.17) is 22.9 Å². The fourth-order valence-electron chi connectivity index (χ4n) is 9.65. The van der Waals surface area contributed by atoms with Crippen LogP contribution in [-0.4, -0.2) is 26.2 Å². The van der Waals surface area contributed by atoms with Crippen molar-refractivity contribution in [3.63, 3.8) is 0 Å². The van der Waals surface area contributed by atoms with Gasteiger partial charge in [-0.15, -0.1) is 0 Å². The fourth-order valence-corrected chi connectivity index (χ4v) is 9.65. The topological polar surface area (TPSA) is 104 Å². The molecule has 428 valence electrons. The van der Waals surface area contributed by atoms with Crippen LogP contribution in [0.5, 0.6) is 0 Å². The summed E-state index contributed by atoms with van der Waals surface area (Å²) in [5.41, 5.74) is 38.4. The number of rotatable bonds is 17. The molecule has 5 rings (SSSR count). The van der Waals surface area contributed by atoms with Crippen LogP contribution in [-0.2, 0) is 0 Å². The monoisotopic (exact) mass is 1060 g/mol. The summed E-state index contributed by atoms with van der Waals surface area (Å²) in [6, 6.07) is 10.5. The van der Waals surface area contributed by atoms with Crippen molar-refractivity contribution in [3.8, 4) is 0 Å². The standard InChI is InChI=1S/C20H33N.C19H23N.C18H29N.C17H27N/c1-16-10-9-14-20(5,6)18(16)13-12-17(19(2,3)4)11-7-8-15-21;20-16-8-7-13-19(18-11-5-2-6-12-18)15-14-17-9-3-1-4-10-17;1-15-9-5-6-10-16(15)12-13-17(18(2,3)4)11-7-8-14-19;1-17(2,3)16(11-7-8-14-18)13-12-15-9-5-4-6-10-15/h7-8,11-13H,9-10,14-15,21H2,1-6H3;2,5-9,11-15H,1,3-4,10,16,20H2;7-8,11-13H,5-6,9-10,14,19H2,1-4H3;7-9,11-13H,4-6,10,14,18H2,1-3H3/b8-7+,13-12+,17-11-;8-7+,15-14+,19-13-;8-7+,13-12+,17-11-;8-7+,13-12+,16-11-. The Bertz CT molecular complexity index is 2430. The normalized spacial score (nSPS) is 18.8. The van der Waals surface area contributed by atoms with Gasteiger partial charge in [0.1, 0.15) is 0 Å². The van der Waals surface area contributed by atoms with Gasteiger partial charge in [-0.25, -0.2) is 0 Å². The molecule has 4 heteroatoms. The highest BCUT2D eigenvalue weighted by molar-refractivity contribution is 5.75. The molecule has 1 aromatic carbocycles. The Kier molecular flexibility index (Phi) is 33.4. The quantitative estimate of drug-likeness (QED) is 0.117. The lowest BCUT2D eigenvalue weighted by Crippen LogP contribution is -2.19. The first kappa shape index (κ1) is 69.0. The lowest BCUT2D eigenvalue weighted by Gasteiger charge is -2.33. The molecule has 0 aromatic heterocycles. The van der Waals surface area contributed by atoms with Crippen molar-refractivity contribution >= 4 is 5.57 Å². The van der Waals surface area contributed by atoms with Crippen LogP contribution in [0.25, 0.3) is 5.57 Å². The van der Waals surface area contributed by atoms with Crippen LogP contribution in [0.1, 0.15) is 192 Å². The second-order valence-corrected chi connectivity index (χ2v) is 25.1. The van der Waals surface area contributed by atoms with Crippen molar-refractivity contribution in [1.82, 2.24) is 0 Å². The molecule has 4 aliphatic carbocycles. The van der Waals surface area contributed by atoms with E-state index in [1.54, 1.807) is 11.1 Å². The van der Waals surface area contributed by atoms with Gasteiger partial charge < -0.3 is 22.9 Å². The number of nitrogens with two attached hydrogens (primary N) is 4. The molecule has 0 spiro atoms. The summed E-state index contributed by atoms with van der Waals surface area (Å²) >= 11 is 0. The van der Waals surface area contributed by atoms with Gasteiger partial charge in [-0.05, 0) is 171 Å². The molecule has 4 aliphatic rings. The largest absolute Gasteiger partial charge is 0.327 e. The Balaban J connectivity index is 0.000000356. The molecule has 4 nitrogen and oxygen atoms in total. The van der Waals surface area contributed by atoms with Crippen molar-refractivity contribution in [2.45, 2.75) is 186 Å². The van der Waals surface area contributed by atoms with Gasteiger partial charge in [0, 0.05) is 26.2 Å². The van der Waals surface area contributed by atoms with E-state index in [9.17, 15) is 0 Å². The minimum Gasteiger partial charge on any atom is -0.327 e. The molecule has 0 atom stereocenters. The van der Waals surface area contributed by atoms with E-state index in [0.29, 0.717) is 31.6 Å². The van der Waals surface area contributed by atoms with Crippen LogP contribution in [0.3, 0.4) is 0 Å².